The molecule has 2 aliphatic rings. The van der Waals surface area contributed by atoms with Gasteiger partial charge in [0.15, 0.2) is 0 Å². The van der Waals surface area contributed by atoms with Gasteiger partial charge in [0, 0.05) is 5.41 Å². The highest BCUT2D eigenvalue weighted by atomic mass is 16.3. The third-order valence-electron chi connectivity index (χ3n) is 3.34. The van der Waals surface area contributed by atoms with Gasteiger partial charge in [-0.25, -0.2) is 9.98 Å². The first-order chi connectivity index (χ1) is 14.3. The van der Waals surface area contributed by atoms with E-state index in [0.29, 0.717) is 11.4 Å². The van der Waals surface area contributed by atoms with Crippen LogP contribution < -0.4 is 10.6 Å². The number of allylic oxidation sites excluding steroid dienone is 2. The van der Waals surface area contributed by atoms with Crippen molar-refractivity contribution in [1.82, 2.24) is 10.6 Å². The summed E-state index contributed by atoms with van der Waals surface area (Å²) in [5.74, 6) is -1.31. The predicted octanol–water partition coefficient (Wildman–Crippen LogP) is 2.89. The summed E-state index contributed by atoms with van der Waals surface area (Å²) in [4.78, 5) is 21.0. The first-order valence-electron chi connectivity index (χ1n) is 10.5. The van der Waals surface area contributed by atoms with Crippen molar-refractivity contribution in [2.24, 2.45) is 15.4 Å². The Labute approximate surface area is 154 Å². The van der Waals surface area contributed by atoms with Gasteiger partial charge in [-0.1, -0.05) is 51.0 Å². The van der Waals surface area contributed by atoms with Crippen LogP contribution in [0.3, 0.4) is 0 Å². The van der Waals surface area contributed by atoms with E-state index in [0.717, 1.165) is 0 Å². The van der Waals surface area contributed by atoms with Crippen LogP contribution in [0, 0.1) is 5.41 Å². The lowest BCUT2D eigenvalue weighted by Gasteiger charge is -2.21. The first kappa shape index (κ1) is 10.7. The molecule has 128 valence electrons. The van der Waals surface area contributed by atoms with Gasteiger partial charge in [-0.3, -0.25) is 4.79 Å². The summed E-state index contributed by atoms with van der Waals surface area (Å²) in [7, 11) is 0. The smallest absolute Gasteiger partial charge is 0.272 e. The molecule has 25 heavy (non-hydrogen) atoms. The van der Waals surface area contributed by atoms with Crippen molar-refractivity contribution in [2.75, 3.05) is 0 Å². The Bertz CT molecular complexity index is 1130. The summed E-state index contributed by atoms with van der Waals surface area (Å²) in [5.41, 5.74) is -0.151. The number of benzene rings is 1. The topological polar surface area (TPSA) is 86.1 Å². The van der Waals surface area contributed by atoms with E-state index in [9.17, 15) is 9.90 Å². The SMILES string of the molecule is [2H]/C(=C1/NC(O)=C(C=C2N=CN=C2C(C)(C)C)NC1=O)c1c([2H])c([2H])c([2H])c([2H])c1[2H]. The van der Waals surface area contributed by atoms with Gasteiger partial charge in [-0.15, -0.1) is 0 Å². The summed E-state index contributed by atoms with van der Waals surface area (Å²) in [6.45, 7) is 5.81. The number of carbonyl (C=O) groups excluding carboxylic acids is 1. The lowest BCUT2D eigenvalue weighted by molar-refractivity contribution is -0.117. The van der Waals surface area contributed by atoms with E-state index in [1.54, 1.807) is 0 Å². The Kier molecular flexibility index (Phi) is 2.73. The molecule has 1 amide bonds. The Hall–Kier alpha value is -3.15. The summed E-state index contributed by atoms with van der Waals surface area (Å²) in [5, 5.41) is 15.2. The molecule has 3 rings (SSSR count). The number of aliphatic hydroxyl groups is 1. The van der Waals surface area contributed by atoms with E-state index < -0.39 is 59.3 Å². The minimum atomic E-state index is -0.822. The van der Waals surface area contributed by atoms with E-state index in [4.69, 9.17) is 8.22 Å². The maximum atomic E-state index is 12.6. The van der Waals surface area contributed by atoms with Gasteiger partial charge in [0.05, 0.1) is 19.6 Å². The van der Waals surface area contributed by atoms with Crippen LogP contribution in [0.2, 0.25) is 0 Å². The van der Waals surface area contributed by atoms with Crippen LogP contribution in [0.15, 0.2) is 69.2 Å². The number of amides is 1. The molecule has 1 aromatic carbocycles. The molecule has 0 atom stereocenters. The van der Waals surface area contributed by atoms with Gasteiger partial charge in [0.1, 0.15) is 17.7 Å². The molecule has 6 heteroatoms. The van der Waals surface area contributed by atoms with Crippen molar-refractivity contribution in [3.8, 4) is 0 Å². The van der Waals surface area contributed by atoms with Gasteiger partial charge in [0.2, 0.25) is 5.88 Å². The lowest BCUT2D eigenvalue weighted by atomic mass is 9.88. The fraction of sp³-hybridized carbons (Fsp3) is 0.211. The zero-order valence-corrected chi connectivity index (χ0v) is 13.9. The maximum absolute atomic E-state index is 12.6. The molecule has 0 aromatic heterocycles. The summed E-state index contributed by atoms with van der Waals surface area (Å²) in [6, 6.07) is -3.76. The van der Waals surface area contributed by atoms with Crippen molar-refractivity contribution in [3.63, 3.8) is 0 Å². The molecule has 0 saturated carbocycles. The molecule has 3 N–H and O–H groups in total. The highest BCUT2D eigenvalue weighted by Crippen LogP contribution is 2.26. The number of hydrogen-bond donors (Lipinski definition) is 3. The number of aliphatic hydroxyl groups excluding tert-OH is 1. The quantitative estimate of drug-likeness (QED) is 0.722. The van der Waals surface area contributed by atoms with Gasteiger partial charge >= 0.3 is 0 Å². The molecular formula is C19H20N4O2. The van der Waals surface area contributed by atoms with Crippen molar-refractivity contribution in [1.29, 1.82) is 0 Å². The highest BCUT2D eigenvalue weighted by molar-refractivity contribution is 6.11. The average Bonchev–Trinajstić information content (AvgIpc) is 3.16. The fourth-order valence-electron chi connectivity index (χ4n) is 2.21. The summed E-state index contributed by atoms with van der Waals surface area (Å²) in [6.07, 6.45) is 2.80. The molecule has 6 nitrogen and oxygen atoms in total. The molecule has 2 aliphatic heterocycles. The zero-order valence-electron chi connectivity index (χ0n) is 19.9. The molecule has 0 radical (unpaired) electrons. The monoisotopic (exact) mass is 342 g/mol. The summed E-state index contributed by atoms with van der Waals surface area (Å²) < 4.78 is 47.3. The number of rotatable bonds is 2. The molecular weight excluding hydrogens is 316 g/mol. The van der Waals surface area contributed by atoms with E-state index in [1.807, 2.05) is 20.8 Å². The summed E-state index contributed by atoms with van der Waals surface area (Å²) >= 11 is 0. The number of nitrogens with zero attached hydrogens (tertiary/aromatic N) is 2. The molecule has 0 spiro atoms. The van der Waals surface area contributed by atoms with E-state index in [2.05, 4.69) is 20.6 Å². The van der Waals surface area contributed by atoms with Crippen molar-refractivity contribution >= 4 is 24.0 Å². The Morgan fingerprint density at radius 2 is 1.96 bits per heavy atom. The minimum Gasteiger partial charge on any atom is -0.493 e. The van der Waals surface area contributed by atoms with Crippen molar-refractivity contribution < 1.29 is 18.1 Å². The zero-order chi connectivity index (χ0) is 23.2. The minimum absolute atomic E-state index is 0.00592. The third kappa shape index (κ3) is 3.68. The van der Waals surface area contributed by atoms with Gasteiger partial charge in [-0.05, 0) is 17.7 Å². The van der Waals surface area contributed by atoms with Gasteiger partial charge in [-0.2, -0.15) is 0 Å². The maximum Gasteiger partial charge on any atom is 0.272 e. The van der Waals surface area contributed by atoms with Crippen LogP contribution in [0.1, 0.15) is 34.6 Å². The molecule has 0 fully saturated rings. The standard InChI is InChI=1S/C19H20N4O2/c1-19(2,3)16-13(20-11-21-16)10-15-18(25)22-14(17(24)23-15)9-12-7-5-4-6-8-12/h4-11,22,25H,1-3H3,(H,23,24)/b13-10?,14-9-/i4D,5D,6D,7D,8D,9D. The molecule has 0 bridgehead atoms. The van der Waals surface area contributed by atoms with Crippen LogP contribution in [0.25, 0.3) is 6.05 Å². The second kappa shape index (κ2) is 6.39. The van der Waals surface area contributed by atoms with Crippen LogP contribution >= 0.6 is 0 Å². The number of aliphatic imine (C=N–C) groups is 2. The van der Waals surface area contributed by atoms with E-state index in [1.165, 1.54) is 12.4 Å². The second-order valence-corrected chi connectivity index (χ2v) is 6.34. The van der Waals surface area contributed by atoms with E-state index in [-0.39, 0.29) is 11.1 Å². The van der Waals surface area contributed by atoms with Crippen LogP contribution in [0.4, 0.5) is 0 Å². The van der Waals surface area contributed by atoms with Gasteiger partial charge in [0.25, 0.3) is 5.91 Å². The normalized spacial score (nSPS) is 24.5. The number of hydrogen-bond acceptors (Lipinski definition) is 5. The molecule has 0 aliphatic carbocycles. The largest absolute Gasteiger partial charge is 0.493 e. The average molecular weight is 342 g/mol. The van der Waals surface area contributed by atoms with Crippen molar-refractivity contribution in [3.05, 3.63) is 64.8 Å². The molecule has 1 aromatic rings. The van der Waals surface area contributed by atoms with Crippen LogP contribution in [-0.4, -0.2) is 23.1 Å². The van der Waals surface area contributed by atoms with E-state index >= 15 is 0 Å². The lowest BCUT2D eigenvalue weighted by Crippen LogP contribution is -2.38. The molecule has 0 unspecified atom stereocenters. The van der Waals surface area contributed by atoms with Crippen LogP contribution in [-0.2, 0) is 4.79 Å². The van der Waals surface area contributed by atoms with Gasteiger partial charge < -0.3 is 15.7 Å². The molecule has 2 heterocycles. The second-order valence-electron chi connectivity index (χ2n) is 6.34. The number of nitrogens with one attached hydrogen (secondary N) is 2. The predicted molar refractivity (Wildman–Crippen MR) is 98.8 cm³/mol. The Balaban J connectivity index is 2.06. The number of carbonyl (C=O) groups is 1. The first-order valence-corrected chi connectivity index (χ1v) is 7.47. The van der Waals surface area contributed by atoms with Crippen LogP contribution in [0.5, 0.6) is 0 Å². The molecule has 0 saturated heterocycles. The fourth-order valence-corrected chi connectivity index (χ4v) is 2.21. The highest BCUT2D eigenvalue weighted by Gasteiger charge is 2.27. The van der Waals surface area contributed by atoms with Crippen molar-refractivity contribution in [2.45, 2.75) is 20.8 Å². The Morgan fingerprint density at radius 1 is 1.24 bits per heavy atom. The third-order valence-corrected chi connectivity index (χ3v) is 3.34. The Morgan fingerprint density at radius 3 is 2.64 bits per heavy atom.